The summed E-state index contributed by atoms with van der Waals surface area (Å²) in [4.78, 5) is 28.7. The lowest BCUT2D eigenvalue weighted by Crippen LogP contribution is -2.39. The zero-order chi connectivity index (χ0) is 18.0. The highest BCUT2D eigenvalue weighted by Gasteiger charge is 2.26. The van der Waals surface area contributed by atoms with Crippen LogP contribution >= 0.6 is 0 Å². The summed E-state index contributed by atoms with van der Waals surface area (Å²) in [5.41, 5.74) is 5.78. The molecule has 2 aromatic rings. The molecule has 3 rings (SSSR count). The normalized spacial score (nSPS) is 17.3. The number of aromatic nitrogens is 1. The SMILES string of the molecule is NC(=O)c1cccc(-c2ccc(N3CCCC(C(=O)O)C3)nc2)c1F. The van der Waals surface area contributed by atoms with Gasteiger partial charge in [-0.2, -0.15) is 0 Å². The first-order valence-electron chi connectivity index (χ1n) is 8.00. The number of hydrogen-bond acceptors (Lipinski definition) is 4. The Hall–Kier alpha value is -2.96. The van der Waals surface area contributed by atoms with Gasteiger partial charge in [0, 0.05) is 30.4 Å². The first-order valence-corrected chi connectivity index (χ1v) is 8.00. The van der Waals surface area contributed by atoms with E-state index in [0.717, 1.165) is 13.0 Å². The number of primary amides is 1. The quantitative estimate of drug-likeness (QED) is 0.888. The molecule has 1 aliphatic heterocycles. The lowest BCUT2D eigenvalue weighted by molar-refractivity contribution is -0.141. The van der Waals surface area contributed by atoms with Crippen LogP contribution in [0, 0.1) is 11.7 Å². The first kappa shape index (κ1) is 16.9. The van der Waals surface area contributed by atoms with Gasteiger partial charge in [0.2, 0.25) is 0 Å². The average Bonchev–Trinajstić information content (AvgIpc) is 2.62. The summed E-state index contributed by atoms with van der Waals surface area (Å²) in [6.07, 6.45) is 2.97. The van der Waals surface area contributed by atoms with E-state index >= 15 is 0 Å². The van der Waals surface area contributed by atoms with E-state index in [1.165, 1.54) is 12.3 Å². The minimum atomic E-state index is -0.822. The zero-order valence-corrected chi connectivity index (χ0v) is 13.5. The summed E-state index contributed by atoms with van der Waals surface area (Å²) in [7, 11) is 0. The van der Waals surface area contributed by atoms with Crippen LogP contribution in [0.4, 0.5) is 10.2 Å². The molecule has 1 atom stereocenters. The second-order valence-electron chi connectivity index (χ2n) is 6.06. The minimum absolute atomic E-state index is 0.165. The van der Waals surface area contributed by atoms with E-state index in [2.05, 4.69) is 4.98 Å². The molecule has 1 fully saturated rings. The van der Waals surface area contributed by atoms with E-state index < -0.39 is 23.6 Å². The third-order valence-electron chi connectivity index (χ3n) is 4.42. The van der Waals surface area contributed by atoms with Crippen LogP contribution in [0.25, 0.3) is 11.1 Å². The summed E-state index contributed by atoms with van der Waals surface area (Å²) >= 11 is 0. The molecule has 0 bridgehead atoms. The zero-order valence-electron chi connectivity index (χ0n) is 13.5. The number of carbonyl (C=O) groups excluding carboxylic acids is 1. The smallest absolute Gasteiger partial charge is 0.308 e. The predicted octanol–water partition coefficient (Wildman–Crippen LogP) is 2.29. The number of pyridine rings is 1. The van der Waals surface area contributed by atoms with E-state index in [0.29, 0.717) is 24.3 Å². The summed E-state index contributed by atoms with van der Waals surface area (Å²) in [5, 5.41) is 9.17. The molecule has 0 radical (unpaired) electrons. The van der Waals surface area contributed by atoms with Crippen LogP contribution < -0.4 is 10.6 Å². The van der Waals surface area contributed by atoms with E-state index in [-0.39, 0.29) is 11.1 Å². The lowest BCUT2D eigenvalue weighted by Gasteiger charge is -2.31. The number of piperidine rings is 1. The maximum Gasteiger partial charge on any atom is 0.308 e. The van der Waals surface area contributed by atoms with Gasteiger partial charge in [-0.25, -0.2) is 9.37 Å². The van der Waals surface area contributed by atoms with Crippen LogP contribution in [0.1, 0.15) is 23.2 Å². The van der Waals surface area contributed by atoms with Crippen LogP contribution in [-0.2, 0) is 4.79 Å². The van der Waals surface area contributed by atoms with Crippen molar-refractivity contribution in [3.8, 4) is 11.1 Å². The van der Waals surface area contributed by atoms with Crippen molar-refractivity contribution in [3.63, 3.8) is 0 Å². The van der Waals surface area contributed by atoms with Crippen molar-refractivity contribution >= 4 is 17.7 Å². The van der Waals surface area contributed by atoms with Crippen molar-refractivity contribution in [1.29, 1.82) is 0 Å². The number of halogens is 1. The van der Waals surface area contributed by atoms with Crippen LogP contribution in [0.2, 0.25) is 0 Å². The van der Waals surface area contributed by atoms with Gasteiger partial charge in [0.25, 0.3) is 5.91 Å². The highest BCUT2D eigenvalue weighted by molar-refractivity contribution is 5.94. The largest absolute Gasteiger partial charge is 0.481 e. The fraction of sp³-hybridized carbons (Fsp3) is 0.278. The van der Waals surface area contributed by atoms with Gasteiger partial charge in [-0.15, -0.1) is 0 Å². The molecule has 1 aliphatic rings. The van der Waals surface area contributed by atoms with E-state index in [1.54, 1.807) is 24.3 Å². The number of nitrogens with two attached hydrogens (primary N) is 1. The number of rotatable bonds is 4. The van der Waals surface area contributed by atoms with Gasteiger partial charge >= 0.3 is 5.97 Å². The number of benzene rings is 1. The molecular weight excluding hydrogens is 325 g/mol. The summed E-state index contributed by atoms with van der Waals surface area (Å²) < 4.78 is 14.4. The van der Waals surface area contributed by atoms with Crippen molar-refractivity contribution in [2.45, 2.75) is 12.8 Å². The molecule has 0 aliphatic carbocycles. The third kappa shape index (κ3) is 3.45. The average molecular weight is 343 g/mol. The van der Waals surface area contributed by atoms with Crippen molar-refractivity contribution in [2.24, 2.45) is 11.7 Å². The van der Waals surface area contributed by atoms with Gasteiger partial charge in [-0.05, 0) is 31.0 Å². The van der Waals surface area contributed by atoms with Crippen molar-refractivity contribution in [1.82, 2.24) is 4.98 Å². The fourth-order valence-corrected chi connectivity index (χ4v) is 3.06. The molecule has 6 nitrogen and oxygen atoms in total. The summed E-state index contributed by atoms with van der Waals surface area (Å²) in [5.74, 6) is -2.04. The van der Waals surface area contributed by atoms with Crippen LogP contribution in [0.3, 0.4) is 0 Å². The van der Waals surface area contributed by atoms with E-state index in [4.69, 9.17) is 5.73 Å². The Labute approximate surface area is 144 Å². The van der Waals surface area contributed by atoms with Crippen molar-refractivity contribution < 1.29 is 19.1 Å². The van der Waals surface area contributed by atoms with Gasteiger partial charge in [-0.1, -0.05) is 12.1 Å². The third-order valence-corrected chi connectivity index (χ3v) is 4.42. The number of carboxylic acid groups (broad SMARTS) is 1. The Morgan fingerprint density at radius 1 is 1.28 bits per heavy atom. The Kier molecular flexibility index (Phi) is 4.65. The van der Waals surface area contributed by atoms with Crippen molar-refractivity contribution in [3.05, 3.63) is 47.9 Å². The molecular formula is C18H18FN3O3. The molecule has 130 valence electrons. The number of carboxylic acids is 1. The molecule has 1 amide bonds. The lowest BCUT2D eigenvalue weighted by atomic mass is 9.98. The Bertz CT molecular complexity index is 808. The molecule has 25 heavy (non-hydrogen) atoms. The number of aliphatic carboxylic acids is 1. The van der Waals surface area contributed by atoms with Gasteiger partial charge in [0.15, 0.2) is 0 Å². The topological polar surface area (TPSA) is 96.5 Å². The second kappa shape index (κ2) is 6.88. The number of anilines is 1. The Balaban J connectivity index is 1.85. The second-order valence-corrected chi connectivity index (χ2v) is 6.06. The molecule has 2 heterocycles. The van der Waals surface area contributed by atoms with Gasteiger partial charge in [0.1, 0.15) is 11.6 Å². The Morgan fingerprint density at radius 3 is 2.72 bits per heavy atom. The highest BCUT2D eigenvalue weighted by Crippen LogP contribution is 2.27. The summed E-state index contributed by atoms with van der Waals surface area (Å²) in [6.45, 7) is 1.15. The standard InChI is InChI=1S/C18H18FN3O3/c19-16-13(4-1-5-14(16)17(20)23)11-6-7-15(21-9-11)22-8-2-3-12(10-22)18(24)25/h1,4-7,9,12H,2-3,8,10H2,(H2,20,23)(H,24,25). The molecule has 7 heteroatoms. The van der Waals surface area contributed by atoms with Crippen LogP contribution in [-0.4, -0.2) is 35.1 Å². The first-order chi connectivity index (χ1) is 12.0. The minimum Gasteiger partial charge on any atom is -0.481 e. The highest BCUT2D eigenvalue weighted by atomic mass is 19.1. The van der Waals surface area contributed by atoms with E-state index in [1.807, 2.05) is 4.90 Å². The Morgan fingerprint density at radius 2 is 2.08 bits per heavy atom. The molecule has 0 saturated carbocycles. The number of carbonyl (C=O) groups is 2. The molecule has 0 spiro atoms. The maximum absolute atomic E-state index is 14.4. The predicted molar refractivity (Wildman–Crippen MR) is 90.7 cm³/mol. The summed E-state index contributed by atoms with van der Waals surface area (Å²) in [6, 6.07) is 7.89. The fourth-order valence-electron chi connectivity index (χ4n) is 3.06. The number of amides is 1. The molecule has 1 unspecified atom stereocenters. The number of hydrogen-bond donors (Lipinski definition) is 2. The molecule has 1 aromatic heterocycles. The molecule has 3 N–H and O–H groups in total. The number of nitrogens with zero attached hydrogens (tertiary/aromatic N) is 2. The van der Waals surface area contributed by atoms with Crippen LogP contribution in [0.15, 0.2) is 36.5 Å². The molecule has 1 aromatic carbocycles. The van der Waals surface area contributed by atoms with Gasteiger partial charge < -0.3 is 15.7 Å². The van der Waals surface area contributed by atoms with Gasteiger partial charge in [0.05, 0.1) is 11.5 Å². The van der Waals surface area contributed by atoms with Crippen molar-refractivity contribution in [2.75, 3.05) is 18.0 Å². The monoisotopic (exact) mass is 343 g/mol. The van der Waals surface area contributed by atoms with Gasteiger partial charge in [-0.3, -0.25) is 9.59 Å². The van der Waals surface area contributed by atoms with E-state index in [9.17, 15) is 19.1 Å². The van der Waals surface area contributed by atoms with Crippen LogP contribution in [0.5, 0.6) is 0 Å². The molecule has 1 saturated heterocycles. The maximum atomic E-state index is 14.4.